The second-order valence-corrected chi connectivity index (χ2v) is 8.66. The van der Waals surface area contributed by atoms with Crippen molar-refractivity contribution in [3.63, 3.8) is 0 Å². The van der Waals surface area contributed by atoms with E-state index in [1.54, 1.807) is 20.9 Å². The zero-order valence-electron chi connectivity index (χ0n) is 17.3. The third-order valence-electron chi connectivity index (χ3n) is 4.78. The highest BCUT2D eigenvalue weighted by Gasteiger charge is 2.51. The van der Waals surface area contributed by atoms with Crippen LogP contribution in [-0.4, -0.2) is 76.3 Å². The molecular weight excluding hydrogens is 454 g/mol. The van der Waals surface area contributed by atoms with Crippen LogP contribution in [0.25, 0.3) is 0 Å². The molecule has 0 saturated carbocycles. The molecule has 2 heterocycles. The molecule has 0 aliphatic carbocycles. The number of carbonyl (C=O) groups is 3. The summed E-state index contributed by atoms with van der Waals surface area (Å²) in [5, 5.41) is 11.1. The van der Waals surface area contributed by atoms with Crippen LogP contribution >= 0.6 is 11.3 Å². The summed E-state index contributed by atoms with van der Waals surface area (Å²) in [6, 6.07) is -2.19. The van der Waals surface area contributed by atoms with Gasteiger partial charge >= 0.3 is 10.3 Å². The molecule has 284 valence electrons. The highest BCUT2D eigenvalue weighted by atomic mass is 32.2. The van der Waals surface area contributed by atoms with Gasteiger partial charge in [-0.15, -0.1) is 11.3 Å². The molecule has 1 aliphatic rings. The van der Waals surface area contributed by atoms with E-state index < -0.39 is 39.8 Å². The van der Waals surface area contributed by atoms with Crippen molar-refractivity contribution in [2.24, 2.45) is 5.16 Å². The number of carbonyl (C=O) groups excluding carboxylic acids is 3. The predicted molar refractivity (Wildman–Crippen MR) is 228 cm³/mol. The molecule has 1 aromatic heterocycles. The minimum atomic E-state index is -4.73. The van der Waals surface area contributed by atoms with Gasteiger partial charge in [0.05, 0.1) is 6.04 Å². The van der Waals surface area contributed by atoms with Crippen molar-refractivity contribution >= 4 is 50.6 Å². The van der Waals surface area contributed by atoms with E-state index in [1.165, 1.54) is 23.6 Å². The Morgan fingerprint density at radius 1 is 1.48 bits per heavy atom. The monoisotopic (exact) mass is 590 g/mol. The Hall–Kier alpha value is -2.62. The van der Waals surface area contributed by atoms with Crippen molar-refractivity contribution in [2.75, 3.05) is 12.4 Å². The molecular formula is C16H135N5O8S2. The molecule has 31 heavy (non-hydrogen) atoms. The number of rotatable bonds is 10. The molecule has 2 amide bonds. The van der Waals surface area contributed by atoms with E-state index in [0.29, 0.717) is 24.3 Å². The minimum absolute atomic E-state index is 0. The summed E-state index contributed by atoms with van der Waals surface area (Å²) >= 11 is 1.19. The van der Waals surface area contributed by atoms with Gasteiger partial charge in [-0.25, -0.2) is 9.29 Å². The van der Waals surface area contributed by atoms with Crippen LogP contribution in [0.1, 0.15) is 118 Å². The number of nitrogens with zero attached hydrogens (tertiary/aromatic N) is 3. The molecule has 0 aromatic carbocycles. The molecule has 5 N–H and O–H groups in total. The van der Waals surface area contributed by atoms with Crippen LogP contribution in [0.2, 0.25) is 0 Å². The number of nitrogens with one attached hydrogen (secondary N) is 2. The molecule has 0 spiro atoms. The smallest absolute Gasteiger partial charge is 0.362 e. The van der Waals surface area contributed by atoms with Crippen LogP contribution < -0.4 is 10.6 Å². The number of hydrogen-bond donors (Lipinski definition) is 3. The fourth-order valence-electron chi connectivity index (χ4n) is 2.72. The molecule has 15 heteroatoms. The fourth-order valence-corrected chi connectivity index (χ4v) is 4.26. The number of aromatic nitrogens is 1. The topological polar surface area (TPSA) is 199 Å². The average Bonchev–Trinajstić information content (AvgIpc) is 3.17. The lowest BCUT2D eigenvalue weighted by molar-refractivity contribution is -0.144. The zero-order valence-corrected chi connectivity index (χ0v) is 18.9. The third kappa shape index (κ3) is 5.36. The van der Waals surface area contributed by atoms with Gasteiger partial charge in [-0.3, -0.25) is 18.9 Å². The largest absolute Gasteiger partial charge is 0.412 e. The Kier molecular flexibility index (Phi) is 8.63. The van der Waals surface area contributed by atoms with E-state index >= 15 is 0 Å². The van der Waals surface area contributed by atoms with Crippen molar-refractivity contribution in [3.8, 4) is 0 Å². The highest BCUT2D eigenvalue weighted by molar-refractivity contribution is 7.84. The fraction of sp³-hybridized carbons (Fsp3) is 0.562. The first-order valence-electron chi connectivity index (χ1n) is 9.01. The highest BCUT2D eigenvalue weighted by Crippen LogP contribution is 2.24. The van der Waals surface area contributed by atoms with Gasteiger partial charge in [0.25, 0.3) is 11.8 Å². The Labute approximate surface area is 264 Å². The van der Waals surface area contributed by atoms with Gasteiger partial charge in [-0.05, 0) is 19.8 Å². The number of anilines is 1. The van der Waals surface area contributed by atoms with Gasteiger partial charge in [-0.1, -0.05) is 19.0 Å². The molecule has 1 saturated heterocycles. The first-order valence-corrected chi connectivity index (χ1v) is 11.3. The standard InChI is InChI=1S/C16H23N5O7S2.H2O.55H2/c1-5-16(6-2,8-22)28-20-12(10-7-29-15(17-4)18-10)13(23)19-11-9(3)21(14(11)24)30(25,26)27;;;;;;;;;;;;;;;;;;;;;;;;;;;;;;;;;;;;;;;;;;;;;;;;;;;;;;;;/h7-9,11H,5-6H2,1-4H3,(H,17,18)(H,19,23)(H,25,26,27);1H2;55*1H/b20-12-;;;;;;;;;;;;;;;;;;;;;;;;;;;;;;;;;;;;;;;;;;;;;;;;;;;;;;;;/t9-,11-;;;;;;;;;;;;;;;;;;;;;;;;;;;;;;;;;;;;;;;;;;;;;;;;;;;;;;;;/m0......................................................../s1. The molecule has 1 aliphatic heterocycles. The van der Waals surface area contributed by atoms with E-state index in [9.17, 15) is 22.8 Å². The molecule has 13 nitrogen and oxygen atoms in total. The van der Waals surface area contributed by atoms with Gasteiger partial charge in [0.15, 0.2) is 22.7 Å². The SMILES string of the molecule is CCC(C=O)(CC)O/N=C(\C(=O)N[C@@H]1C(=O)N(S(=O)(=O)O)[C@H]1C)c1csc(NC)n1.O.[HH].[HH].[HH].[HH].[HH].[HH].[HH].[HH].[HH].[HH].[HH].[HH].[HH].[HH].[HH].[HH].[HH].[HH].[HH].[HH].[HH].[HH].[HH].[HH].[HH].[HH].[HH].[HH].[HH].[HH].[HH].[HH].[HH].[HH].[HH].[HH].[HH].[HH].[HH].[HH].[HH].[HH].[HH].[HH].[HH].[HH].[HH].[HH].[HH].[HH].[HH].[HH].[HH].[HH].[HH]. The van der Waals surface area contributed by atoms with Gasteiger partial charge in [0.2, 0.25) is 0 Å². The lowest BCUT2D eigenvalue weighted by Crippen LogP contribution is -2.71. The van der Waals surface area contributed by atoms with Crippen LogP contribution in [-0.2, 0) is 29.5 Å². The summed E-state index contributed by atoms with van der Waals surface area (Å²) in [4.78, 5) is 45.9. The second-order valence-electron chi connectivity index (χ2n) is 6.51. The number of hydrogen-bond acceptors (Lipinski definition) is 10. The molecule has 0 radical (unpaired) electrons. The van der Waals surface area contributed by atoms with Gasteiger partial charge in [0.1, 0.15) is 11.7 Å². The Morgan fingerprint density at radius 2 is 2.10 bits per heavy atom. The van der Waals surface area contributed by atoms with Crippen molar-refractivity contribution in [1.29, 1.82) is 0 Å². The van der Waals surface area contributed by atoms with E-state index in [4.69, 9.17) is 9.39 Å². The number of thiazole rings is 1. The summed E-state index contributed by atoms with van der Waals surface area (Å²) < 4.78 is 31.8. The van der Waals surface area contributed by atoms with Gasteiger partial charge < -0.3 is 20.9 Å². The van der Waals surface area contributed by atoms with E-state index in [0.717, 1.165) is 0 Å². The number of amides is 2. The third-order valence-corrected chi connectivity index (χ3v) is 6.65. The molecule has 2 rings (SSSR count). The molecule has 0 bridgehead atoms. The summed E-state index contributed by atoms with van der Waals surface area (Å²) in [7, 11) is -3.09. The lowest BCUT2D eigenvalue weighted by Gasteiger charge is -2.42. The average molecular weight is 590 g/mol. The molecule has 1 fully saturated rings. The summed E-state index contributed by atoms with van der Waals surface area (Å²) in [5.41, 5.74) is -1.37. The first-order chi connectivity index (χ1) is 14.0. The summed E-state index contributed by atoms with van der Waals surface area (Å²) in [6.45, 7) is 4.81. The maximum absolute atomic E-state index is 12.8. The van der Waals surface area contributed by atoms with Crippen LogP contribution in [0.4, 0.5) is 5.13 Å². The van der Waals surface area contributed by atoms with Crippen LogP contribution in [0.3, 0.4) is 0 Å². The Balaban J connectivity index is -0.00000000324. The second kappa shape index (κ2) is 10.1. The van der Waals surface area contributed by atoms with Gasteiger partial charge in [-0.2, -0.15) is 8.42 Å². The Morgan fingerprint density at radius 3 is 2.52 bits per heavy atom. The predicted octanol–water partition coefficient (Wildman–Crippen LogP) is 12.9. The lowest BCUT2D eigenvalue weighted by atomic mass is 10.00. The van der Waals surface area contributed by atoms with Crippen molar-refractivity contribution in [2.45, 2.75) is 51.3 Å². The molecule has 1 aromatic rings. The maximum atomic E-state index is 12.8. The number of oxime groups is 1. The Bertz CT molecular complexity index is 1040. The van der Waals surface area contributed by atoms with Crippen LogP contribution in [0.15, 0.2) is 10.5 Å². The number of β-lactam (4-membered cyclic amide) rings is 1. The quantitative estimate of drug-likeness (QED) is 0.0779. The zero-order chi connectivity index (χ0) is 22.7. The normalized spacial score (nSPS) is 19.2. The van der Waals surface area contributed by atoms with Gasteiger partial charge in [0, 0.05) is 90.9 Å². The van der Waals surface area contributed by atoms with Crippen LogP contribution in [0, 0.1) is 0 Å². The number of aldehydes is 1. The van der Waals surface area contributed by atoms with Crippen molar-refractivity contribution in [3.05, 3.63) is 11.1 Å². The van der Waals surface area contributed by atoms with E-state index in [1.807, 2.05) is 0 Å². The molecule has 0 unspecified atom stereocenters. The minimum Gasteiger partial charge on any atom is -0.412 e. The van der Waals surface area contributed by atoms with E-state index in [2.05, 4.69) is 20.8 Å². The molecule has 2 atom stereocenters. The van der Waals surface area contributed by atoms with Crippen molar-refractivity contribution < 1.29 is 116 Å². The summed E-state index contributed by atoms with van der Waals surface area (Å²) in [5.74, 6) is -1.84. The van der Waals surface area contributed by atoms with Crippen molar-refractivity contribution in [1.82, 2.24) is 14.6 Å². The summed E-state index contributed by atoms with van der Waals surface area (Å²) in [6.07, 6.45) is 1.23. The maximum Gasteiger partial charge on any atom is 0.362 e. The first kappa shape index (κ1) is 26.4. The van der Waals surface area contributed by atoms with E-state index in [-0.39, 0.29) is 99.7 Å². The van der Waals surface area contributed by atoms with Crippen LogP contribution in [0.5, 0.6) is 0 Å².